The average Bonchev–Trinajstić information content (AvgIpc) is 3.28. The fourth-order valence-corrected chi connectivity index (χ4v) is 4.55. The molecule has 0 fully saturated rings. The van der Waals surface area contributed by atoms with E-state index >= 15 is 0 Å². The Morgan fingerprint density at radius 1 is 1.09 bits per heavy atom. The van der Waals surface area contributed by atoms with Crippen molar-refractivity contribution in [2.45, 2.75) is 45.8 Å². The number of fused-ring (bicyclic) bond motifs is 3. The predicted molar refractivity (Wildman–Crippen MR) is 134 cm³/mol. The topological polar surface area (TPSA) is 103 Å². The van der Waals surface area contributed by atoms with E-state index in [-0.39, 0.29) is 12.1 Å². The number of H-pyrrole nitrogens is 1. The van der Waals surface area contributed by atoms with Crippen molar-refractivity contribution >= 4 is 34.4 Å². The zero-order chi connectivity index (χ0) is 24.6. The van der Waals surface area contributed by atoms with Crippen molar-refractivity contribution in [1.82, 2.24) is 25.0 Å². The Morgan fingerprint density at radius 3 is 2.57 bits per heavy atom. The molecule has 0 bridgehead atoms. The summed E-state index contributed by atoms with van der Waals surface area (Å²) < 4.78 is 5.50. The predicted octanol–water partition coefficient (Wildman–Crippen LogP) is 4.57. The van der Waals surface area contributed by atoms with Gasteiger partial charge in [0.1, 0.15) is 5.60 Å². The van der Waals surface area contributed by atoms with Crippen LogP contribution in [0.15, 0.2) is 42.6 Å². The minimum atomic E-state index is -0.518. The number of carbonyl (C=O) groups excluding carboxylic acids is 2. The number of para-hydroxylation sites is 1. The first-order valence-electron chi connectivity index (χ1n) is 11.9. The number of benzene rings is 1. The van der Waals surface area contributed by atoms with Crippen LogP contribution in [0.4, 0.5) is 15.3 Å². The highest BCUT2D eigenvalue weighted by atomic mass is 16.6. The lowest BCUT2D eigenvalue weighted by Crippen LogP contribution is -2.39. The molecule has 182 valence electrons. The molecular formula is C26H30N6O3. The Kier molecular flexibility index (Phi) is 5.92. The molecule has 0 aliphatic carbocycles. The third-order valence-electron chi connectivity index (χ3n) is 6.26. The summed E-state index contributed by atoms with van der Waals surface area (Å²) in [5.41, 5.74) is 5.19. The molecule has 2 aliphatic heterocycles. The number of pyridine rings is 1. The highest BCUT2D eigenvalue weighted by molar-refractivity contribution is 5.93. The molecule has 1 aromatic carbocycles. The summed E-state index contributed by atoms with van der Waals surface area (Å²) in [7, 11) is 0. The van der Waals surface area contributed by atoms with Crippen molar-refractivity contribution in [3.05, 3.63) is 59.4 Å². The van der Waals surface area contributed by atoms with E-state index in [2.05, 4.69) is 20.5 Å². The van der Waals surface area contributed by atoms with Crippen molar-refractivity contribution in [2.24, 2.45) is 0 Å². The Bertz CT molecular complexity index is 1290. The second kappa shape index (κ2) is 9.05. The van der Waals surface area contributed by atoms with Gasteiger partial charge in [0.25, 0.3) is 0 Å². The summed E-state index contributed by atoms with van der Waals surface area (Å²) in [6.45, 7) is 7.77. The fraction of sp³-hybridized carbons (Fsp3) is 0.385. The van der Waals surface area contributed by atoms with E-state index in [0.717, 1.165) is 40.0 Å². The van der Waals surface area contributed by atoms with Gasteiger partial charge in [-0.2, -0.15) is 5.10 Å². The molecule has 9 heteroatoms. The van der Waals surface area contributed by atoms with Gasteiger partial charge in [0.15, 0.2) is 5.65 Å². The third kappa shape index (κ3) is 4.84. The number of urea groups is 1. The van der Waals surface area contributed by atoms with Crippen molar-refractivity contribution < 1.29 is 14.3 Å². The molecule has 35 heavy (non-hydrogen) atoms. The van der Waals surface area contributed by atoms with Gasteiger partial charge in [-0.15, -0.1) is 0 Å². The van der Waals surface area contributed by atoms with Crippen LogP contribution in [0.1, 0.15) is 44.0 Å². The molecule has 9 nitrogen and oxygen atoms in total. The molecule has 3 aromatic rings. The van der Waals surface area contributed by atoms with Gasteiger partial charge < -0.3 is 19.9 Å². The minimum absolute atomic E-state index is 0.119. The first-order chi connectivity index (χ1) is 16.8. The van der Waals surface area contributed by atoms with Gasteiger partial charge in [-0.05, 0) is 62.4 Å². The quantitative estimate of drug-likeness (QED) is 0.566. The number of nitrogens with zero attached hydrogens (tertiary/aromatic N) is 4. The van der Waals surface area contributed by atoms with Gasteiger partial charge in [-0.25, -0.2) is 14.6 Å². The molecule has 2 aromatic heterocycles. The van der Waals surface area contributed by atoms with E-state index < -0.39 is 5.60 Å². The van der Waals surface area contributed by atoms with Gasteiger partial charge >= 0.3 is 12.1 Å². The van der Waals surface area contributed by atoms with Crippen LogP contribution in [0.3, 0.4) is 0 Å². The Hall–Kier alpha value is -3.88. The number of nitrogens with one attached hydrogen (secondary N) is 2. The van der Waals surface area contributed by atoms with E-state index in [1.54, 1.807) is 9.80 Å². The lowest BCUT2D eigenvalue weighted by molar-refractivity contribution is 0.0270. The lowest BCUT2D eigenvalue weighted by Gasteiger charge is -2.30. The number of carbonyl (C=O) groups is 2. The number of rotatable bonds is 2. The molecule has 0 radical (unpaired) electrons. The smallest absolute Gasteiger partial charge is 0.410 e. The van der Waals surface area contributed by atoms with Crippen molar-refractivity contribution in [3.8, 4) is 0 Å². The molecule has 0 saturated heterocycles. The molecule has 0 atom stereocenters. The van der Waals surface area contributed by atoms with Gasteiger partial charge in [-0.3, -0.25) is 5.10 Å². The molecule has 5 rings (SSSR count). The summed E-state index contributed by atoms with van der Waals surface area (Å²) in [5, 5.41) is 11.6. The van der Waals surface area contributed by atoms with Gasteiger partial charge in [0.2, 0.25) is 0 Å². The van der Waals surface area contributed by atoms with Crippen molar-refractivity contribution in [2.75, 3.05) is 25.0 Å². The molecular weight excluding hydrogens is 444 g/mol. The first-order valence-corrected chi connectivity index (χ1v) is 11.9. The zero-order valence-corrected chi connectivity index (χ0v) is 20.3. The second-order valence-corrected chi connectivity index (χ2v) is 9.93. The molecule has 0 unspecified atom stereocenters. The molecule has 0 spiro atoms. The number of ether oxygens (including phenoxy) is 1. The van der Waals surface area contributed by atoms with Crippen LogP contribution in [0, 0.1) is 0 Å². The maximum absolute atomic E-state index is 12.8. The Morgan fingerprint density at radius 2 is 1.86 bits per heavy atom. The summed E-state index contributed by atoms with van der Waals surface area (Å²) in [4.78, 5) is 33.3. The van der Waals surface area contributed by atoms with Crippen LogP contribution in [-0.2, 0) is 17.7 Å². The number of aromatic nitrogens is 3. The largest absolute Gasteiger partial charge is 0.444 e. The monoisotopic (exact) mass is 474 g/mol. The molecule has 0 saturated carbocycles. The fourth-order valence-electron chi connectivity index (χ4n) is 4.55. The van der Waals surface area contributed by atoms with Crippen LogP contribution >= 0.6 is 0 Å². The number of anilines is 1. The van der Waals surface area contributed by atoms with E-state index in [0.29, 0.717) is 32.6 Å². The van der Waals surface area contributed by atoms with E-state index in [1.165, 1.54) is 5.56 Å². The summed E-state index contributed by atoms with van der Waals surface area (Å²) in [6, 6.07) is 9.35. The first kappa shape index (κ1) is 22.9. The Labute approximate surface area is 204 Å². The van der Waals surface area contributed by atoms with Crippen LogP contribution in [0.25, 0.3) is 16.6 Å². The van der Waals surface area contributed by atoms with Crippen LogP contribution in [0.5, 0.6) is 0 Å². The molecule has 3 amide bonds. The van der Waals surface area contributed by atoms with Crippen LogP contribution in [-0.4, -0.2) is 62.3 Å². The second-order valence-electron chi connectivity index (χ2n) is 9.93. The number of hydrogen-bond donors (Lipinski definition) is 2. The summed E-state index contributed by atoms with van der Waals surface area (Å²) >= 11 is 0. The third-order valence-corrected chi connectivity index (χ3v) is 6.26. The maximum atomic E-state index is 12.8. The van der Waals surface area contributed by atoms with Crippen molar-refractivity contribution in [3.63, 3.8) is 0 Å². The highest BCUT2D eigenvalue weighted by Crippen LogP contribution is 2.33. The molecule has 4 heterocycles. The molecule has 2 aliphatic rings. The minimum Gasteiger partial charge on any atom is -0.444 e. The average molecular weight is 475 g/mol. The van der Waals surface area contributed by atoms with E-state index in [9.17, 15) is 9.59 Å². The van der Waals surface area contributed by atoms with Crippen molar-refractivity contribution in [1.29, 1.82) is 0 Å². The maximum Gasteiger partial charge on any atom is 0.410 e. The number of amides is 3. The standard InChI is InChI=1S/C26H30N6O3/c1-26(2,3)35-25(34)31-12-9-17(10-13-31)22-21-20-11-14-32(16-18(20)15-27-23(21)30-29-22)24(33)28-19-7-5-4-6-8-19/h4-9,15H,10-14,16H2,1-3H3,(H,28,33)(H,27,29,30). The zero-order valence-electron chi connectivity index (χ0n) is 20.3. The summed E-state index contributed by atoms with van der Waals surface area (Å²) in [5.74, 6) is 0. The highest BCUT2D eigenvalue weighted by Gasteiger charge is 2.28. The van der Waals surface area contributed by atoms with E-state index in [4.69, 9.17) is 4.74 Å². The van der Waals surface area contributed by atoms with Gasteiger partial charge in [0.05, 0.1) is 11.1 Å². The molecule has 2 N–H and O–H groups in total. The van der Waals surface area contributed by atoms with E-state index in [1.807, 2.05) is 63.4 Å². The SMILES string of the molecule is CC(C)(C)OC(=O)N1CC=C(c2n[nH]c3ncc4c(c23)CCN(C(=O)Nc2ccccc2)C4)CC1. The van der Waals surface area contributed by atoms with Crippen LogP contribution in [0.2, 0.25) is 0 Å². The van der Waals surface area contributed by atoms with Gasteiger partial charge in [-0.1, -0.05) is 24.3 Å². The van der Waals surface area contributed by atoms with Crippen LogP contribution < -0.4 is 5.32 Å². The normalized spacial score (nSPS) is 16.0. The number of hydrogen-bond acceptors (Lipinski definition) is 5. The Balaban J connectivity index is 1.34. The summed E-state index contributed by atoms with van der Waals surface area (Å²) in [6.07, 6.45) is 4.99. The lowest BCUT2D eigenvalue weighted by atomic mass is 9.94. The van der Waals surface area contributed by atoms with Gasteiger partial charge in [0, 0.05) is 38.1 Å². The number of aromatic amines is 1.